The molecule has 3 amide bonds. The molecule has 1 unspecified atom stereocenters. The van der Waals surface area contributed by atoms with Crippen molar-refractivity contribution >= 4 is 35.2 Å². The van der Waals surface area contributed by atoms with Crippen molar-refractivity contribution in [1.29, 1.82) is 0 Å². The number of hydrogen-bond acceptors (Lipinski definition) is 4. The van der Waals surface area contributed by atoms with Crippen molar-refractivity contribution in [2.75, 3.05) is 37.6 Å². The van der Waals surface area contributed by atoms with Crippen LogP contribution in [0.3, 0.4) is 0 Å². The predicted molar refractivity (Wildman–Crippen MR) is 139 cm³/mol. The number of thioether (sulfide) groups is 1. The third-order valence-electron chi connectivity index (χ3n) is 6.87. The van der Waals surface area contributed by atoms with Gasteiger partial charge in [0, 0.05) is 44.0 Å². The number of unbranched alkanes of at least 4 members (excludes halogenated alkanes) is 8. The number of nitrogens with zero attached hydrogens (tertiary/aromatic N) is 3. The number of hydrogen-bond donors (Lipinski definition) is 0. The summed E-state index contributed by atoms with van der Waals surface area (Å²) in [7, 11) is 0. The van der Waals surface area contributed by atoms with Gasteiger partial charge in [-0.15, -0.1) is 11.8 Å². The molecular weight excluding hydrogens is 446 g/mol. The van der Waals surface area contributed by atoms with Crippen LogP contribution in [0.25, 0.3) is 0 Å². The fraction of sp³-hybridized carbons (Fsp3) is 0.667. The minimum atomic E-state index is -0.737. The van der Waals surface area contributed by atoms with E-state index in [0.717, 1.165) is 23.4 Å². The average Bonchev–Trinajstić information content (AvgIpc) is 2.87. The second-order valence-electron chi connectivity index (χ2n) is 9.33. The number of fused-ring (bicyclic) bond motifs is 1. The van der Waals surface area contributed by atoms with Gasteiger partial charge in [0.05, 0.1) is 5.69 Å². The molecule has 6 nitrogen and oxygen atoms in total. The average molecular weight is 488 g/mol. The monoisotopic (exact) mass is 487 g/mol. The number of carbonyl (C=O) groups is 3. The summed E-state index contributed by atoms with van der Waals surface area (Å²) in [6.07, 6.45) is 11.8. The summed E-state index contributed by atoms with van der Waals surface area (Å²) < 4.78 is 0. The van der Waals surface area contributed by atoms with Crippen LogP contribution >= 0.6 is 11.8 Å². The summed E-state index contributed by atoms with van der Waals surface area (Å²) >= 11 is 1.35. The van der Waals surface area contributed by atoms with E-state index in [4.69, 9.17) is 0 Å². The van der Waals surface area contributed by atoms with Gasteiger partial charge in [-0.25, -0.2) is 0 Å². The third kappa shape index (κ3) is 7.00. The van der Waals surface area contributed by atoms with E-state index in [1.54, 1.807) is 9.80 Å². The van der Waals surface area contributed by atoms with Crippen molar-refractivity contribution in [3.63, 3.8) is 0 Å². The van der Waals surface area contributed by atoms with Gasteiger partial charge in [-0.2, -0.15) is 0 Å². The molecule has 0 N–H and O–H groups in total. The summed E-state index contributed by atoms with van der Waals surface area (Å²) in [6.45, 7) is 6.83. The van der Waals surface area contributed by atoms with Gasteiger partial charge in [-0.1, -0.05) is 70.4 Å². The topological polar surface area (TPSA) is 60.9 Å². The lowest BCUT2D eigenvalue weighted by Crippen LogP contribution is -2.55. The molecule has 0 aliphatic carbocycles. The maximum atomic E-state index is 13.2. The van der Waals surface area contributed by atoms with Gasteiger partial charge >= 0.3 is 0 Å². The molecule has 2 heterocycles. The van der Waals surface area contributed by atoms with E-state index in [9.17, 15) is 14.4 Å². The van der Waals surface area contributed by atoms with Crippen molar-refractivity contribution < 1.29 is 14.4 Å². The Morgan fingerprint density at radius 2 is 1.44 bits per heavy atom. The normalized spacial score (nSPS) is 18.2. The van der Waals surface area contributed by atoms with Crippen LogP contribution in [0.1, 0.15) is 78.1 Å². The highest BCUT2D eigenvalue weighted by Gasteiger charge is 2.40. The maximum Gasteiger partial charge on any atom is 0.250 e. The summed E-state index contributed by atoms with van der Waals surface area (Å²) in [5, 5.41) is -0.737. The van der Waals surface area contributed by atoms with Crippen LogP contribution in [-0.2, 0) is 14.4 Å². The van der Waals surface area contributed by atoms with Gasteiger partial charge in [0.25, 0.3) is 0 Å². The zero-order chi connectivity index (χ0) is 24.3. The van der Waals surface area contributed by atoms with Crippen molar-refractivity contribution in [2.24, 2.45) is 0 Å². The molecule has 1 aromatic carbocycles. The van der Waals surface area contributed by atoms with Crippen LogP contribution in [0, 0.1) is 0 Å². The quantitative estimate of drug-likeness (QED) is 0.304. The molecule has 1 aromatic rings. The number of piperazine rings is 1. The molecular formula is C27H41N3O3S. The Hall–Kier alpha value is -2.02. The molecule has 188 valence electrons. The van der Waals surface area contributed by atoms with Gasteiger partial charge in [0.2, 0.25) is 17.7 Å². The highest BCUT2D eigenvalue weighted by atomic mass is 32.2. The molecule has 2 aliphatic rings. The first-order chi connectivity index (χ1) is 16.6. The summed E-state index contributed by atoms with van der Waals surface area (Å²) in [4.78, 5) is 45.2. The van der Waals surface area contributed by atoms with E-state index in [0.29, 0.717) is 39.1 Å². The van der Waals surface area contributed by atoms with Crippen molar-refractivity contribution in [2.45, 2.75) is 88.2 Å². The van der Waals surface area contributed by atoms with Gasteiger partial charge in [-0.05, 0) is 25.5 Å². The highest BCUT2D eigenvalue weighted by Crippen LogP contribution is 2.39. The van der Waals surface area contributed by atoms with E-state index in [1.165, 1.54) is 56.7 Å². The zero-order valence-corrected chi connectivity index (χ0v) is 21.8. The van der Waals surface area contributed by atoms with Gasteiger partial charge < -0.3 is 14.7 Å². The van der Waals surface area contributed by atoms with E-state index < -0.39 is 5.25 Å². The Labute approximate surface area is 209 Å². The van der Waals surface area contributed by atoms with Gasteiger partial charge in [-0.3, -0.25) is 14.4 Å². The molecule has 2 aliphatic heterocycles. The Bertz CT molecular complexity index is 823. The SMILES string of the molecule is CCCCCCCCCCCC(=O)N1CCN(C(=O)C2Sc3ccccc3N(CC)C2=O)CC1. The molecule has 1 atom stereocenters. The first-order valence-corrected chi connectivity index (χ1v) is 14.1. The largest absolute Gasteiger partial charge is 0.339 e. The predicted octanol–water partition coefficient (Wildman–Crippen LogP) is 5.11. The van der Waals surface area contributed by atoms with Crippen LogP contribution in [0.2, 0.25) is 0 Å². The minimum Gasteiger partial charge on any atom is -0.339 e. The molecule has 0 aromatic heterocycles. The third-order valence-corrected chi connectivity index (χ3v) is 8.11. The van der Waals surface area contributed by atoms with Crippen LogP contribution in [-0.4, -0.2) is 65.5 Å². The zero-order valence-electron chi connectivity index (χ0n) is 21.0. The minimum absolute atomic E-state index is 0.131. The number of carbonyl (C=O) groups excluding carboxylic acids is 3. The van der Waals surface area contributed by atoms with Crippen LogP contribution < -0.4 is 4.90 Å². The van der Waals surface area contributed by atoms with Gasteiger partial charge in [0.1, 0.15) is 0 Å². The fourth-order valence-electron chi connectivity index (χ4n) is 4.79. The molecule has 7 heteroatoms. The Balaban J connectivity index is 1.38. The summed E-state index contributed by atoms with van der Waals surface area (Å²) in [5.41, 5.74) is 0.885. The highest BCUT2D eigenvalue weighted by molar-refractivity contribution is 8.01. The molecule has 0 spiro atoms. The van der Waals surface area contributed by atoms with E-state index in [2.05, 4.69) is 6.92 Å². The van der Waals surface area contributed by atoms with Crippen LogP contribution in [0.5, 0.6) is 0 Å². The number of amides is 3. The molecule has 1 saturated heterocycles. The van der Waals surface area contributed by atoms with E-state index >= 15 is 0 Å². The van der Waals surface area contributed by atoms with Crippen molar-refractivity contribution in [3.05, 3.63) is 24.3 Å². The Kier molecular flexibility index (Phi) is 10.8. The van der Waals surface area contributed by atoms with Crippen LogP contribution in [0.15, 0.2) is 29.2 Å². The number of rotatable bonds is 12. The molecule has 3 rings (SSSR count). The number of anilines is 1. The molecule has 0 radical (unpaired) electrons. The molecule has 34 heavy (non-hydrogen) atoms. The van der Waals surface area contributed by atoms with E-state index in [-0.39, 0.29) is 17.7 Å². The number of para-hydroxylation sites is 1. The smallest absolute Gasteiger partial charge is 0.250 e. The standard InChI is InChI=1S/C27H41N3O3S/c1-3-5-6-7-8-9-10-11-12-17-24(31)28-18-20-29(21-19-28)26(32)25-27(33)30(4-2)22-15-13-14-16-23(22)34-25/h13-16,25H,3-12,17-21H2,1-2H3. The maximum absolute atomic E-state index is 13.2. The second-order valence-corrected chi connectivity index (χ2v) is 10.5. The first-order valence-electron chi connectivity index (χ1n) is 13.2. The Morgan fingerprint density at radius 3 is 2.09 bits per heavy atom. The molecule has 0 bridgehead atoms. The molecule has 1 fully saturated rings. The van der Waals surface area contributed by atoms with Crippen molar-refractivity contribution in [1.82, 2.24) is 9.80 Å². The second kappa shape index (κ2) is 13.8. The first kappa shape index (κ1) is 26.6. The van der Waals surface area contributed by atoms with Crippen LogP contribution in [0.4, 0.5) is 5.69 Å². The summed E-state index contributed by atoms with van der Waals surface area (Å²) in [5.74, 6) is -0.0710. The molecule has 0 saturated carbocycles. The fourth-order valence-corrected chi connectivity index (χ4v) is 5.97. The van der Waals surface area contributed by atoms with Gasteiger partial charge in [0.15, 0.2) is 5.25 Å². The lowest BCUT2D eigenvalue weighted by atomic mass is 10.1. The summed E-state index contributed by atoms with van der Waals surface area (Å²) in [6, 6.07) is 7.76. The lowest BCUT2D eigenvalue weighted by molar-refractivity contribution is -0.141. The van der Waals surface area contributed by atoms with Crippen molar-refractivity contribution in [3.8, 4) is 0 Å². The van der Waals surface area contributed by atoms with E-state index in [1.807, 2.05) is 36.1 Å². The number of benzene rings is 1. The Morgan fingerprint density at radius 1 is 0.853 bits per heavy atom. The lowest BCUT2D eigenvalue weighted by Gasteiger charge is -2.38.